The quantitative estimate of drug-likeness (QED) is 0.661. The number of nitrogens with one attached hydrogen (secondary N) is 1. The fourth-order valence-electron chi connectivity index (χ4n) is 2.24. The Morgan fingerprint density at radius 3 is 2.53 bits per heavy atom. The maximum atomic E-state index is 11.0. The van der Waals surface area contributed by atoms with Crippen molar-refractivity contribution < 1.29 is 4.92 Å². The van der Waals surface area contributed by atoms with Gasteiger partial charge in [-0.05, 0) is 37.4 Å². The summed E-state index contributed by atoms with van der Waals surface area (Å²) in [6.07, 6.45) is 1.47. The molecule has 0 saturated carbocycles. The van der Waals surface area contributed by atoms with Gasteiger partial charge >= 0.3 is 0 Å². The Morgan fingerprint density at radius 2 is 2.05 bits per heavy atom. The summed E-state index contributed by atoms with van der Waals surface area (Å²) in [5.74, 6) is 0. The van der Waals surface area contributed by atoms with Crippen molar-refractivity contribution in [1.82, 2.24) is 5.32 Å². The molecule has 0 radical (unpaired) electrons. The van der Waals surface area contributed by atoms with Crippen molar-refractivity contribution in [3.63, 3.8) is 0 Å². The molecule has 0 aromatic heterocycles. The molecule has 0 aliphatic rings. The first-order valence-electron chi connectivity index (χ1n) is 6.35. The Bertz CT molecular complexity index is 455. The van der Waals surface area contributed by atoms with Gasteiger partial charge in [-0.1, -0.05) is 32.4 Å². The van der Waals surface area contributed by atoms with E-state index in [1.54, 1.807) is 12.1 Å². The third-order valence-corrected chi connectivity index (χ3v) is 3.57. The van der Waals surface area contributed by atoms with Crippen LogP contribution in [0.4, 0.5) is 5.69 Å². The molecule has 1 aromatic carbocycles. The van der Waals surface area contributed by atoms with Crippen molar-refractivity contribution in [2.75, 3.05) is 7.05 Å². The van der Waals surface area contributed by atoms with Gasteiger partial charge in [0.05, 0.1) is 4.92 Å². The van der Waals surface area contributed by atoms with Crippen LogP contribution in [0.3, 0.4) is 0 Å². The van der Waals surface area contributed by atoms with E-state index in [2.05, 4.69) is 26.1 Å². The summed E-state index contributed by atoms with van der Waals surface area (Å²) in [6.45, 7) is 6.46. The lowest BCUT2D eigenvalue weighted by molar-refractivity contribution is -0.385. The summed E-state index contributed by atoms with van der Waals surface area (Å²) in [6, 6.07) is 5.02. The molecule has 0 fully saturated rings. The van der Waals surface area contributed by atoms with Crippen LogP contribution in [-0.4, -0.2) is 18.0 Å². The van der Waals surface area contributed by atoms with Crippen LogP contribution in [0.5, 0.6) is 0 Å². The lowest BCUT2D eigenvalue weighted by atomic mass is 9.83. The lowest BCUT2D eigenvalue weighted by Gasteiger charge is -2.30. The molecule has 4 nitrogen and oxygen atoms in total. The van der Waals surface area contributed by atoms with Crippen molar-refractivity contribution in [2.24, 2.45) is 5.41 Å². The molecular weight excluding hydrogens is 264 g/mol. The zero-order valence-electron chi connectivity index (χ0n) is 11.9. The Kier molecular flexibility index (Phi) is 5.32. The Balaban J connectivity index is 2.87. The maximum absolute atomic E-state index is 11.0. The van der Waals surface area contributed by atoms with E-state index in [9.17, 15) is 10.1 Å². The first-order valence-corrected chi connectivity index (χ1v) is 6.73. The number of nitro benzene ring substituents is 1. The fourth-order valence-corrected chi connectivity index (χ4v) is 2.44. The third kappa shape index (κ3) is 4.48. The number of nitro groups is 1. The highest BCUT2D eigenvalue weighted by molar-refractivity contribution is 6.30. The molecule has 0 heterocycles. The van der Waals surface area contributed by atoms with Crippen molar-refractivity contribution in [1.29, 1.82) is 0 Å². The minimum absolute atomic E-state index is 0.113. The molecule has 1 unspecified atom stereocenters. The first kappa shape index (κ1) is 15.9. The second-order valence-corrected chi connectivity index (χ2v) is 6.21. The minimum Gasteiger partial charge on any atom is -0.316 e. The zero-order valence-corrected chi connectivity index (χ0v) is 12.6. The Morgan fingerprint density at radius 1 is 1.42 bits per heavy atom. The molecule has 106 valence electrons. The van der Waals surface area contributed by atoms with Gasteiger partial charge in [-0.3, -0.25) is 10.1 Å². The van der Waals surface area contributed by atoms with Gasteiger partial charge in [0.15, 0.2) is 0 Å². The molecule has 1 rings (SSSR count). The highest BCUT2D eigenvalue weighted by Gasteiger charge is 2.24. The van der Waals surface area contributed by atoms with Gasteiger partial charge in [-0.15, -0.1) is 0 Å². The second kappa shape index (κ2) is 6.35. The van der Waals surface area contributed by atoms with Crippen molar-refractivity contribution in [3.05, 3.63) is 38.9 Å². The minimum atomic E-state index is -0.350. The molecule has 0 spiro atoms. The summed E-state index contributed by atoms with van der Waals surface area (Å²) in [5, 5.41) is 14.8. The number of hydrogen-bond acceptors (Lipinski definition) is 3. The Hall–Kier alpha value is -1.13. The lowest BCUT2D eigenvalue weighted by Crippen LogP contribution is -2.38. The molecule has 1 aromatic rings. The number of aryl methyl sites for hydroxylation is 1. The van der Waals surface area contributed by atoms with Gasteiger partial charge < -0.3 is 5.32 Å². The van der Waals surface area contributed by atoms with Gasteiger partial charge in [0.2, 0.25) is 0 Å². The molecule has 0 aliphatic heterocycles. The third-order valence-electron chi connectivity index (χ3n) is 3.33. The largest absolute Gasteiger partial charge is 0.316 e. The summed E-state index contributed by atoms with van der Waals surface area (Å²) < 4.78 is 0. The van der Waals surface area contributed by atoms with Gasteiger partial charge in [0.1, 0.15) is 0 Å². The molecule has 5 heteroatoms. The molecular formula is C14H21ClN2O2. The number of benzene rings is 1. The molecule has 1 atom stereocenters. The van der Waals surface area contributed by atoms with E-state index in [1.807, 2.05) is 7.05 Å². The van der Waals surface area contributed by atoms with Crippen LogP contribution in [0, 0.1) is 15.5 Å². The predicted octanol–water partition coefficient (Wildman–Crippen LogP) is 3.81. The van der Waals surface area contributed by atoms with Crippen LogP contribution in [0.25, 0.3) is 0 Å². The highest BCUT2D eigenvalue weighted by Crippen LogP contribution is 2.27. The van der Waals surface area contributed by atoms with E-state index in [0.717, 1.165) is 6.42 Å². The Labute approximate surface area is 119 Å². The fraction of sp³-hybridized carbons (Fsp3) is 0.571. The normalized spacial score (nSPS) is 13.3. The van der Waals surface area contributed by atoms with Gasteiger partial charge in [0, 0.05) is 22.7 Å². The number of nitrogens with zero attached hydrogens (tertiary/aromatic N) is 1. The first-order chi connectivity index (χ1) is 8.75. The molecule has 0 bridgehead atoms. The molecule has 0 aliphatic carbocycles. The van der Waals surface area contributed by atoms with Crippen molar-refractivity contribution in [2.45, 2.75) is 39.7 Å². The zero-order chi connectivity index (χ0) is 14.6. The topological polar surface area (TPSA) is 55.2 Å². The van der Waals surface area contributed by atoms with Crippen LogP contribution in [0.15, 0.2) is 18.2 Å². The average molecular weight is 285 g/mol. The van der Waals surface area contributed by atoms with Gasteiger partial charge in [-0.25, -0.2) is 0 Å². The van der Waals surface area contributed by atoms with E-state index in [1.165, 1.54) is 6.07 Å². The maximum Gasteiger partial charge on any atom is 0.272 e. The van der Waals surface area contributed by atoms with E-state index < -0.39 is 0 Å². The van der Waals surface area contributed by atoms with E-state index >= 15 is 0 Å². The van der Waals surface area contributed by atoms with Gasteiger partial charge in [-0.2, -0.15) is 0 Å². The summed E-state index contributed by atoms with van der Waals surface area (Å²) >= 11 is 5.92. The molecule has 1 N–H and O–H groups in total. The highest BCUT2D eigenvalue weighted by atomic mass is 35.5. The number of rotatable bonds is 5. The summed E-state index contributed by atoms with van der Waals surface area (Å²) in [5.41, 5.74) is 0.956. The molecule has 0 amide bonds. The van der Waals surface area contributed by atoms with Crippen molar-refractivity contribution in [3.8, 4) is 0 Å². The predicted molar refractivity (Wildman–Crippen MR) is 78.7 cm³/mol. The monoisotopic (exact) mass is 284 g/mol. The van der Waals surface area contributed by atoms with Crippen LogP contribution in [-0.2, 0) is 6.42 Å². The summed E-state index contributed by atoms with van der Waals surface area (Å²) in [4.78, 5) is 10.6. The standard InChI is InChI=1S/C14H21ClN2O2/c1-14(2,3)13(16-4)8-5-10-9-11(15)6-7-12(10)17(18)19/h6-7,9,13,16H,5,8H2,1-4H3. The van der Waals surface area contributed by atoms with E-state index in [0.29, 0.717) is 23.0 Å². The smallest absolute Gasteiger partial charge is 0.272 e. The SMILES string of the molecule is CNC(CCc1cc(Cl)ccc1[N+](=O)[O-])C(C)(C)C. The average Bonchev–Trinajstić information content (AvgIpc) is 2.27. The number of hydrogen-bond donors (Lipinski definition) is 1. The van der Waals surface area contributed by atoms with E-state index in [4.69, 9.17) is 11.6 Å². The van der Waals surface area contributed by atoms with Crippen LogP contribution in [0.2, 0.25) is 5.02 Å². The second-order valence-electron chi connectivity index (χ2n) is 5.78. The number of halogens is 1. The van der Waals surface area contributed by atoms with Crippen LogP contribution >= 0.6 is 11.6 Å². The van der Waals surface area contributed by atoms with E-state index in [-0.39, 0.29) is 16.0 Å². The van der Waals surface area contributed by atoms with Crippen LogP contribution < -0.4 is 5.32 Å². The molecule has 0 saturated heterocycles. The van der Waals surface area contributed by atoms with Crippen molar-refractivity contribution >= 4 is 17.3 Å². The van der Waals surface area contributed by atoms with Crippen LogP contribution in [0.1, 0.15) is 32.8 Å². The molecule has 19 heavy (non-hydrogen) atoms. The van der Waals surface area contributed by atoms with Gasteiger partial charge in [0.25, 0.3) is 5.69 Å². The summed E-state index contributed by atoms with van der Waals surface area (Å²) in [7, 11) is 1.92.